The minimum absolute atomic E-state index is 0.131. The van der Waals surface area contributed by atoms with Gasteiger partial charge in [-0.3, -0.25) is 4.79 Å². The Balaban J connectivity index is 1.61. The Hall–Kier alpha value is -3.44. The fraction of sp³-hybridized carbons (Fsp3) is 0.222. The van der Waals surface area contributed by atoms with E-state index in [1.165, 1.54) is 0 Å². The molecule has 0 saturated heterocycles. The van der Waals surface area contributed by atoms with E-state index in [2.05, 4.69) is 0 Å². The Kier molecular flexibility index (Phi) is 7.67. The van der Waals surface area contributed by atoms with Crippen LogP contribution in [0.5, 0.6) is 11.5 Å². The third kappa shape index (κ3) is 6.77. The van der Waals surface area contributed by atoms with Gasteiger partial charge in [-0.05, 0) is 93.4 Å². The monoisotopic (exact) mass is 464 g/mol. The fourth-order valence-corrected chi connectivity index (χ4v) is 3.18. The maximum atomic E-state index is 12.7. The Morgan fingerprint density at radius 2 is 1.30 bits per heavy atom. The highest BCUT2D eigenvalue weighted by molar-refractivity contribution is 6.30. The van der Waals surface area contributed by atoms with Crippen molar-refractivity contribution in [3.8, 4) is 11.5 Å². The van der Waals surface area contributed by atoms with Gasteiger partial charge >= 0.3 is 5.97 Å². The number of carbonyl (C=O) groups is 3. The van der Waals surface area contributed by atoms with Crippen LogP contribution >= 0.6 is 11.6 Å². The molecule has 0 saturated carbocycles. The second kappa shape index (κ2) is 10.5. The van der Waals surface area contributed by atoms with Crippen LogP contribution in [0.2, 0.25) is 5.02 Å². The van der Waals surface area contributed by atoms with E-state index in [-0.39, 0.29) is 11.6 Å². The highest BCUT2D eigenvalue weighted by atomic mass is 35.5. The number of ketones is 2. The summed E-state index contributed by atoms with van der Waals surface area (Å²) in [6, 6.07) is 20.3. The van der Waals surface area contributed by atoms with Crippen molar-refractivity contribution in [1.29, 1.82) is 0 Å². The smallest absolute Gasteiger partial charge is 0.355 e. The summed E-state index contributed by atoms with van der Waals surface area (Å²) in [6.07, 6.45) is 1.12. The Labute approximate surface area is 198 Å². The molecule has 3 rings (SSSR count). The summed E-state index contributed by atoms with van der Waals surface area (Å²) in [6.45, 7) is 4.79. The number of hydrogen-bond donors (Lipinski definition) is 0. The van der Waals surface area contributed by atoms with E-state index in [0.717, 1.165) is 5.56 Å². The molecule has 0 aliphatic rings. The molecule has 0 bridgehead atoms. The first-order chi connectivity index (χ1) is 15.6. The normalized spacial score (nSPS) is 11.0. The zero-order valence-electron chi connectivity index (χ0n) is 18.8. The van der Waals surface area contributed by atoms with Gasteiger partial charge in [0.05, 0.1) is 0 Å². The molecule has 33 heavy (non-hydrogen) atoms. The van der Waals surface area contributed by atoms with Crippen LogP contribution in [0.15, 0.2) is 72.8 Å². The lowest BCUT2D eigenvalue weighted by molar-refractivity contribution is -0.149. The van der Waals surface area contributed by atoms with Crippen molar-refractivity contribution in [1.82, 2.24) is 0 Å². The van der Waals surface area contributed by atoms with Crippen LogP contribution in [0, 0.1) is 0 Å². The lowest BCUT2D eigenvalue weighted by Crippen LogP contribution is -2.41. The van der Waals surface area contributed by atoms with E-state index >= 15 is 0 Å². The van der Waals surface area contributed by atoms with E-state index < -0.39 is 11.6 Å². The maximum Gasteiger partial charge on any atom is 0.355 e. The molecule has 0 aliphatic carbocycles. The van der Waals surface area contributed by atoms with Crippen LogP contribution < -0.4 is 9.47 Å². The van der Waals surface area contributed by atoms with Gasteiger partial charge in [0.1, 0.15) is 17.3 Å². The van der Waals surface area contributed by atoms with Crippen molar-refractivity contribution in [2.75, 3.05) is 0 Å². The molecular formula is C27H25ClO5. The van der Waals surface area contributed by atoms with Crippen LogP contribution in [0.3, 0.4) is 0 Å². The summed E-state index contributed by atoms with van der Waals surface area (Å²) < 4.78 is 11.3. The lowest BCUT2D eigenvalue weighted by atomic mass is 10.0. The molecule has 0 unspecified atom stereocenters. The van der Waals surface area contributed by atoms with Gasteiger partial charge in [-0.25, -0.2) is 4.79 Å². The van der Waals surface area contributed by atoms with Crippen LogP contribution in [-0.4, -0.2) is 23.1 Å². The summed E-state index contributed by atoms with van der Waals surface area (Å²) in [5.74, 6) is 0.270. The van der Waals surface area contributed by atoms with E-state index in [9.17, 15) is 14.4 Å². The number of benzene rings is 3. The SMILES string of the molecule is CC(=O)CCc1ccc(OC(=O)C(C)(C)Oc2ccc(C(=O)c3ccc(Cl)cc3)cc2)cc1. The van der Waals surface area contributed by atoms with Gasteiger partial charge in [0.25, 0.3) is 0 Å². The molecule has 6 heteroatoms. The molecule has 0 fully saturated rings. The zero-order chi connectivity index (χ0) is 24.0. The highest BCUT2D eigenvalue weighted by Gasteiger charge is 2.32. The summed E-state index contributed by atoms with van der Waals surface area (Å²) in [4.78, 5) is 36.4. The third-order valence-corrected chi connectivity index (χ3v) is 5.24. The van der Waals surface area contributed by atoms with Crippen molar-refractivity contribution in [2.24, 2.45) is 0 Å². The van der Waals surface area contributed by atoms with Gasteiger partial charge in [-0.15, -0.1) is 0 Å². The minimum atomic E-state index is -1.25. The van der Waals surface area contributed by atoms with Gasteiger partial charge < -0.3 is 14.3 Å². The predicted molar refractivity (Wildman–Crippen MR) is 127 cm³/mol. The quantitative estimate of drug-likeness (QED) is 0.225. The molecule has 3 aromatic carbocycles. The minimum Gasteiger partial charge on any atom is -0.476 e. The Bertz CT molecular complexity index is 1130. The van der Waals surface area contributed by atoms with E-state index in [4.69, 9.17) is 21.1 Å². The van der Waals surface area contributed by atoms with Gasteiger partial charge in [0, 0.05) is 22.6 Å². The van der Waals surface area contributed by atoms with Crippen molar-refractivity contribution >= 4 is 29.1 Å². The third-order valence-electron chi connectivity index (χ3n) is 4.99. The zero-order valence-corrected chi connectivity index (χ0v) is 19.5. The summed E-state index contributed by atoms with van der Waals surface area (Å²) >= 11 is 5.87. The number of Topliss-reactive ketones (excluding diaryl/α,β-unsaturated/α-hetero) is 1. The molecule has 170 valence electrons. The second-order valence-corrected chi connectivity index (χ2v) is 8.64. The largest absolute Gasteiger partial charge is 0.476 e. The van der Waals surface area contributed by atoms with Crippen LogP contribution in [0.1, 0.15) is 48.7 Å². The average Bonchev–Trinajstić information content (AvgIpc) is 2.79. The number of aryl methyl sites for hydroxylation is 1. The van der Waals surface area contributed by atoms with Crippen molar-refractivity contribution in [2.45, 2.75) is 39.2 Å². The molecule has 0 spiro atoms. The van der Waals surface area contributed by atoms with Crippen molar-refractivity contribution in [3.05, 3.63) is 94.5 Å². The standard InChI is InChI=1S/C27H25ClO5/c1-18(29)4-5-19-6-14-23(15-7-19)32-26(31)27(2,3)33-24-16-10-21(11-17-24)25(30)20-8-12-22(28)13-9-20/h6-17H,4-5H2,1-3H3. The van der Waals surface area contributed by atoms with Crippen LogP contribution in [-0.2, 0) is 16.0 Å². The predicted octanol–water partition coefficient (Wildman–Crippen LogP) is 5.86. The van der Waals surface area contributed by atoms with E-state index in [0.29, 0.717) is 40.5 Å². The topological polar surface area (TPSA) is 69.7 Å². The molecule has 0 heterocycles. The summed E-state index contributed by atoms with van der Waals surface area (Å²) in [7, 11) is 0. The number of halogens is 1. The molecule has 0 atom stereocenters. The average molecular weight is 465 g/mol. The Morgan fingerprint density at radius 1 is 0.788 bits per heavy atom. The molecule has 0 N–H and O–H groups in total. The molecule has 3 aromatic rings. The van der Waals surface area contributed by atoms with Gasteiger partial charge in [0.2, 0.25) is 5.60 Å². The molecule has 0 amide bonds. The highest BCUT2D eigenvalue weighted by Crippen LogP contribution is 2.23. The number of ether oxygens (including phenoxy) is 2. The van der Waals surface area contributed by atoms with Crippen molar-refractivity contribution < 1.29 is 23.9 Å². The van der Waals surface area contributed by atoms with Crippen LogP contribution in [0.4, 0.5) is 0 Å². The summed E-state index contributed by atoms with van der Waals surface area (Å²) in [5, 5.41) is 0.563. The van der Waals surface area contributed by atoms with Gasteiger partial charge in [0.15, 0.2) is 5.78 Å². The number of rotatable bonds is 9. The van der Waals surface area contributed by atoms with E-state index in [1.807, 2.05) is 12.1 Å². The van der Waals surface area contributed by atoms with Gasteiger partial charge in [-0.1, -0.05) is 23.7 Å². The lowest BCUT2D eigenvalue weighted by Gasteiger charge is -2.24. The first-order valence-electron chi connectivity index (χ1n) is 10.5. The van der Waals surface area contributed by atoms with Gasteiger partial charge in [-0.2, -0.15) is 0 Å². The molecule has 5 nitrogen and oxygen atoms in total. The molecule has 0 radical (unpaired) electrons. The Morgan fingerprint density at radius 3 is 1.85 bits per heavy atom. The second-order valence-electron chi connectivity index (χ2n) is 8.21. The molecular weight excluding hydrogens is 440 g/mol. The fourth-order valence-electron chi connectivity index (χ4n) is 3.05. The van der Waals surface area contributed by atoms with Crippen LogP contribution in [0.25, 0.3) is 0 Å². The molecule has 0 aromatic heterocycles. The summed E-state index contributed by atoms with van der Waals surface area (Å²) in [5.41, 5.74) is 0.766. The van der Waals surface area contributed by atoms with E-state index in [1.54, 1.807) is 81.4 Å². The first kappa shape index (κ1) is 24.2. The first-order valence-corrected chi connectivity index (χ1v) is 10.9. The maximum absolute atomic E-state index is 12.7. The number of hydrogen-bond acceptors (Lipinski definition) is 5. The molecule has 0 aliphatic heterocycles. The number of carbonyl (C=O) groups excluding carboxylic acids is 3. The number of esters is 1. The van der Waals surface area contributed by atoms with Crippen molar-refractivity contribution in [3.63, 3.8) is 0 Å².